The molecule has 2 heterocycles. The minimum absolute atomic E-state index is 0.0492. The third-order valence-corrected chi connectivity index (χ3v) is 6.31. The molecule has 2 atom stereocenters. The fourth-order valence-corrected chi connectivity index (χ4v) is 4.44. The number of carbonyl (C=O) groups excluding carboxylic acids is 2. The van der Waals surface area contributed by atoms with E-state index in [1.807, 2.05) is 29.2 Å². The Bertz CT molecular complexity index is 969. The van der Waals surface area contributed by atoms with Crippen molar-refractivity contribution in [2.75, 3.05) is 23.3 Å². The Morgan fingerprint density at radius 3 is 2.79 bits per heavy atom. The first-order valence-corrected chi connectivity index (χ1v) is 12.2. The predicted molar refractivity (Wildman–Crippen MR) is 127 cm³/mol. The van der Waals surface area contributed by atoms with E-state index in [1.165, 1.54) is 0 Å². The number of nitrogens with zero attached hydrogens (tertiary/aromatic N) is 5. The zero-order chi connectivity index (χ0) is 23.4. The molecule has 0 spiro atoms. The number of para-hydroxylation sites is 2. The highest BCUT2D eigenvalue weighted by molar-refractivity contribution is 6.03. The van der Waals surface area contributed by atoms with Crippen LogP contribution in [0.1, 0.15) is 52.3 Å². The Morgan fingerprint density at radius 1 is 1.27 bits per heavy atom. The van der Waals surface area contributed by atoms with Gasteiger partial charge in [-0.3, -0.25) is 9.59 Å². The second-order valence-corrected chi connectivity index (χ2v) is 9.70. The molecule has 2 N–H and O–H groups in total. The third-order valence-electron chi connectivity index (χ3n) is 6.31. The molecule has 0 unspecified atom stereocenters. The summed E-state index contributed by atoms with van der Waals surface area (Å²) in [6.45, 7) is 8.05. The zero-order valence-electron chi connectivity index (χ0n) is 19.8. The first kappa shape index (κ1) is 23.2. The predicted octanol–water partition coefficient (Wildman–Crippen LogP) is 2.64. The van der Waals surface area contributed by atoms with Gasteiger partial charge >= 0.3 is 0 Å². The lowest BCUT2D eigenvalue weighted by molar-refractivity contribution is -0.130. The molecule has 1 aromatic heterocycles. The molecule has 9 heteroatoms. The number of fused-ring (bicyclic) bond motifs is 1. The van der Waals surface area contributed by atoms with Crippen LogP contribution in [0.3, 0.4) is 0 Å². The minimum Gasteiger partial charge on any atom is -0.381 e. The maximum Gasteiger partial charge on any atom is 0.251 e. The molecule has 2 aliphatic rings. The van der Waals surface area contributed by atoms with Crippen LogP contribution in [0.5, 0.6) is 0 Å². The number of anilines is 2. The van der Waals surface area contributed by atoms with Crippen molar-refractivity contribution in [1.82, 2.24) is 25.5 Å². The number of tetrazole rings is 1. The third kappa shape index (κ3) is 5.69. The average molecular weight is 454 g/mol. The van der Waals surface area contributed by atoms with Crippen LogP contribution in [0.4, 0.5) is 11.4 Å². The highest BCUT2D eigenvalue weighted by Crippen LogP contribution is 2.35. The SMILES string of the molecule is CCCn1nnnc1C[C@@H](CC(C)C)C(=O)N[C@H]1CNc2ccccc2N(CC2CC2)C1=O. The normalized spacial score (nSPS) is 19.1. The molecule has 2 amide bonds. The monoisotopic (exact) mass is 453 g/mol. The Kier molecular flexibility index (Phi) is 7.25. The van der Waals surface area contributed by atoms with Gasteiger partial charge in [0.2, 0.25) is 5.91 Å². The van der Waals surface area contributed by atoms with E-state index in [-0.39, 0.29) is 17.7 Å². The summed E-state index contributed by atoms with van der Waals surface area (Å²) < 4.78 is 1.77. The van der Waals surface area contributed by atoms with E-state index in [9.17, 15) is 9.59 Å². The average Bonchev–Trinajstić information content (AvgIpc) is 3.54. The van der Waals surface area contributed by atoms with Gasteiger partial charge in [-0.1, -0.05) is 32.9 Å². The van der Waals surface area contributed by atoms with Gasteiger partial charge < -0.3 is 15.5 Å². The van der Waals surface area contributed by atoms with E-state index < -0.39 is 6.04 Å². The second-order valence-electron chi connectivity index (χ2n) is 9.70. The smallest absolute Gasteiger partial charge is 0.251 e. The number of hydrogen-bond donors (Lipinski definition) is 2. The van der Waals surface area contributed by atoms with Gasteiger partial charge in [-0.15, -0.1) is 5.10 Å². The lowest BCUT2D eigenvalue weighted by Gasteiger charge is -2.27. The summed E-state index contributed by atoms with van der Waals surface area (Å²) in [5.74, 6) is 1.11. The number of carbonyl (C=O) groups is 2. The molecule has 9 nitrogen and oxygen atoms in total. The van der Waals surface area contributed by atoms with Crippen molar-refractivity contribution in [3.63, 3.8) is 0 Å². The number of hydrogen-bond acceptors (Lipinski definition) is 6. The summed E-state index contributed by atoms with van der Waals surface area (Å²) >= 11 is 0. The number of benzene rings is 1. The van der Waals surface area contributed by atoms with Crippen LogP contribution in [0.2, 0.25) is 0 Å². The molecule has 2 aromatic rings. The molecule has 1 aliphatic carbocycles. The highest BCUT2D eigenvalue weighted by Gasteiger charge is 2.36. The number of rotatable bonds is 10. The minimum atomic E-state index is -0.620. The Hall–Kier alpha value is -2.97. The molecule has 178 valence electrons. The molecule has 0 bridgehead atoms. The fourth-order valence-electron chi connectivity index (χ4n) is 4.44. The van der Waals surface area contributed by atoms with Gasteiger partial charge in [0.15, 0.2) is 5.82 Å². The number of nitrogens with one attached hydrogen (secondary N) is 2. The van der Waals surface area contributed by atoms with E-state index in [1.54, 1.807) is 4.68 Å². The molecule has 4 rings (SSSR count). The summed E-state index contributed by atoms with van der Waals surface area (Å²) in [6.07, 6.45) is 4.37. The lowest BCUT2D eigenvalue weighted by atomic mass is 9.92. The standard InChI is InChI=1S/C24H35N7O2/c1-4-11-31-22(27-28-29-31)13-18(12-16(2)3)23(32)26-20-14-25-19-7-5-6-8-21(19)30(24(20)33)15-17-9-10-17/h5-8,16-18,20,25H,4,9-15H2,1-3H3,(H,26,32)/t18-,20+/m1/s1. The van der Waals surface area contributed by atoms with Crippen molar-refractivity contribution in [2.45, 2.75) is 65.5 Å². The van der Waals surface area contributed by atoms with E-state index in [0.29, 0.717) is 43.6 Å². The molecule has 1 fully saturated rings. The summed E-state index contributed by atoms with van der Waals surface area (Å²) in [6, 6.07) is 7.25. The quantitative estimate of drug-likeness (QED) is 0.573. The van der Waals surface area contributed by atoms with Gasteiger partial charge in [-0.2, -0.15) is 0 Å². The Morgan fingerprint density at radius 2 is 2.06 bits per heavy atom. The van der Waals surface area contributed by atoms with Crippen LogP contribution in [0.25, 0.3) is 0 Å². The van der Waals surface area contributed by atoms with Crippen LogP contribution in [0.15, 0.2) is 24.3 Å². The molecule has 0 saturated heterocycles. The summed E-state index contributed by atoms with van der Waals surface area (Å²) in [5, 5.41) is 18.4. The molecular formula is C24H35N7O2. The van der Waals surface area contributed by atoms with Crippen LogP contribution in [-0.4, -0.2) is 51.2 Å². The largest absolute Gasteiger partial charge is 0.381 e. The van der Waals surface area contributed by atoms with Crippen molar-refractivity contribution in [2.24, 2.45) is 17.8 Å². The summed E-state index contributed by atoms with van der Waals surface area (Å²) in [5.41, 5.74) is 1.82. The van der Waals surface area contributed by atoms with Crippen molar-refractivity contribution < 1.29 is 9.59 Å². The van der Waals surface area contributed by atoms with E-state index in [4.69, 9.17) is 0 Å². The van der Waals surface area contributed by atoms with E-state index >= 15 is 0 Å². The maximum absolute atomic E-state index is 13.5. The molecule has 1 aromatic carbocycles. The summed E-state index contributed by atoms with van der Waals surface area (Å²) in [7, 11) is 0. The molecular weight excluding hydrogens is 418 g/mol. The Labute approximate surface area is 195 Å². The fraction of sp³-hybridized carbons (Fsp3) is 0.625. The molecule has 33 heavy (non-hydrogen) atoms. The Balaban J connectivity index is 1.50. The van der Waals surface area contributed by atoms with Crippen molar-refractivity contribution >= 4 is 23.2 Å². The molecule has 1 aliphatic heterocycles. The van der Waals surface area contributed by atoms with Crippen LogP contribution >= 0.6 is 0 Å². The van der Waals surface area contributed by atoms with Crippen LogP contribution < -0.4 is 15.5 Å². The first-order valence-electron chi connectivity index (χ1n) is 12.2. The van der Waals surface area contributed by atoms with Gasteiger partial charge in [0.05, 0.1) is 11.4 Å². The highest BCUT2D eigenvalue weighted by atomic mass is 16.2. The maximum atomic E-state index is 13.5. The number of amides is 2. The van der Waals surface area contributed by atoms with Crippen molar-refractivity contribution in [3.8, 4) is 0 Å². The second kappa shape index (κ2) is 10.3. The summed E-state index contributed by atoms with van der Waals surface area (Å²) in [4.78, 5) is 28.8. The first-order chi connectivity index (χ1) is 16.0. The molecule has 0 radical (unpaired) electrons. The van der Waals surface area contributed by atoms with Crippen molar-refractivity contribution in [3.05, 3.63) is 30.1 Å². The van der Waals surface area contributed by atoms with E-state index in [2.05, 4.69) is 46.9 Å². The van der Waals surface area contributed by atoms with Gasteiger partial charge in [0.25, 0.3) is 5.91 Å². The molecule has 1 saturated carbocycles. The van der Waals surface area contributed by atoms with Crippen LogP contribution in [-0.2, 0) is 22.6 Å². The van der Waals surface area contributed by atoms with E-state index in [0.717, 1.165) is 37.2 Å². The van der Waals surface area contributed by atoms with Crippen molar-refractivity contribution in [1.29, 1.82) is 0 Å². The van der Waals surface area contributed by atoms with Crippen LogP contribution in [0, 0.1) is 17.8 Å². The lowest BCUT2D eigenvalue weighted by Crippen LogP contribution is -2.52. The van der Waals surface area contributed by atoms with Gasteiger partial charge in [-0.05, 0) is 60.1 Å². The zero-order valence-corrected chi connectivity index (χ0v) is 19.8. The number of aryl methyl sites for hydroxylation is 1. The van der Waals surface area contributed by atoms with Gasteiger partial charge in [-0.25, -0.2) is 4.68 Å². The van der Waals surface area contributed by atoms with Gasteiger partial charge in [0.1, 0.15) is 6.04 Å². The topological polar surface area (TPSA) is 105 Å². The van der Waals surface area contributed by atoms with Gasteiger partial charge in [0, 0.05) is 32.0 Å². The number of aromatic nitrogens is 4.